The fourth-order valence-electron chi connectivity index (χ4n) is 3.06. The van der Waals surface area contributed by atoms with Crippen LogP contribution < -0.4 is 5.32 Å². The SMILES string of the molecule is O=C(CCCc1nc2ccccc2[nH]1)NCc1ccc(-c2ccc(Cl)cc2)o1. The van der Waals surface area contributed by atoms with Gasteiger partial charge in [0.05, 0.1) is 17.6 Å². The Balaban J connectivity index is 1.24. The minimum atomic E-state index is 0.000513. The number of fused-ring (bicyclic) bond motifs is 1. The summed E-state index contributed by atoms with van der Waals surface area (Å²) in [4.78, 5) is 19.9. The fraction of sp³-hybridized carbons (Fsp3) is 0.182. The Morgan fingerprint density at radius 2 is 1.89 bits per heavy atom. The second-order valence-corrected chi connectivity index (χ2v) is 7.04. The number of rotatable bonds is 7. The van der Waals surface area contributed by atoms with E-state index in [-0.39, 0.29) is 5.91 Å². The van der Waals surface area contributed by atoms with Gasteiger partial charge < -0.3 is 14.7 Å². The molecule has 0 aliphatic carbocycles. The Morgan fingerprint density at radius 1 is 1.07 bits per heavy atom. The Bertz CT molecular complexity index is 1050. The first-order valence-corrected chi connectivity index (χ1v) is 9.60. The summed E-state index contributed by atoms with van der Waals surface area (Å²) in [6, 6.07) is 19.1. The van der Waals surface area contributed by atoms with Crippen LogP contribution >= 0.6 is 11.6 Å². The van der Waals surface area contributed by atoms with E-state index in [1.807, 2.05) is 60.7 Å². The van der Waals surface area contributed by atoms with E-state index in [4.69, 9.17) is 16.0 Å². The summed E-state index contributed by atoms with van der Waals surface area (Å²) in [5.74, 6) is 2.38. The van der Waals surface area contributed by atoms with Crippen LogP contribution in [0.25, 0.3) is 22.4 Å². The summed E-state index contributed by atoms with van der Waals surface area (Å²) in [6.07, 6.45) is 1.92. The van der Waals surface area contributed by atoms with Gasteiger partial charge in [-0.2, -0.15) is 0 Å². The first-order valence-electron chi connectivity index (χ1n) is 9.22. The average molecular weight is 394 g/mol. The van der Waals surface area contributed by atoms with Gasteiger partial charge in [-0.1, -0.05) is 23.7 Å². The van der Waals surface area contributed by atoms with Crippen molar-refractivity contribution in [3.8, 4) is 11.3 Å². The van der Waals surface area contributed by atoms with Gasteiger partial charge in [-0.25, -0.2) is 4.98 Å². The van der Waals surface area contributed by atoms with Crippen LogP contribution in [-0.4, -0.2) is 15.9 Å². The molecular formula is C22H20ClN3O2. The number of nitrogens with zero attached hydrogens (tertiary/aromatic N) is 1. The van der Waals surface area contributed by atoms with Gasteiger partial charge in [0.15, 0.2) is 0 Å². The lowest BCUT2D eigenvalue weighted by atomic mass is 10.2. The summed E-state index contributed by atoms with van der Waals surface area (Å²) in [5, 5.41) is 3.59. The molecule has 0 radical (unpaired) electrons. The molecule has 0 spiro atoms. The number of furan rings is 1. The third kappa shape index (κ3) is 4.43. The number of hydrogen-bond acceptors (Lipinski definition) is 3. The van der Waals surface area contributed by atoms with Crippen LogP contribution in [0, 0.1) is 0 Å². The summed E-state index contributed by atoms with van der Waals surface area (Å²) >= 11 is 5.91. The minimum absolute atomic E-state index is 0.000513. The highest BCUT2D eigenvalue weighted by molar-refractivity contribution is 6.30. The van der Waals surface area contributed by atoms with E-state index in [2.05, 4.69) is 15.3 Å². The third-order valence-corrected chi connectivity index (χ3v) is 4.76. The normalized spacial score (nSPS) is 11.0. The van der Waals surface area contributed by atoms with Crippen molar-refractivity contribution >= 4 is 28.5 Å². The van der Waals surface area contributed by atoms with Crippen molar-refractivity contribution in [1.29, 1.82) is 0 Å². The van der Waals surface area contributed by atoms with Crippen molar-refractivity contribution in [2.24, 2.45) is 0 Å². The van der Waals surface area contributed by atoms with Gasteiger partial charge in [-0.3, -0.25) is 4.79 Å². The molecule has 1 amide bonds. The van der Waals surface area contributed by atoms with Crippen molar-refractivity contribution in [1.82, 2.24) is 15.3 Å². The standard InChI is InChI=1S/C22H20ClN3O2/c23-16-10-8-15(9-11-16)20-13-12-17(28-20)14-24-22(27)7-3-6-21-25-18-4-1-2-5-19(18)26-21/h1-2,4-5,8-13H,3,6-7,14H2,(H,24,27)(H,25,26). The number of para-hydroxylation sites is 2. The number of aromatic nitrogens is 2. The maximum atomic E-state index is 12.1. The van der Waals surface area contributed by atoms with Crippen LogP contribution in [0.2, 0.25) is 5.02 Å². The molecule has 2 N–H and O–H groups in total. The Kier molecular flexibility index (Phi) is 5.44. The van der Waals surface area contributed by atoms with E-state index < -0.39 is 0 Å². The number of amides is 1. The van der Waals surface area contributed by atoms with Crippen molar-refractivity contribution in [2.75, 3.05) is 0 Å². The topological polar surface area (TPSA) is 70.9 Å². The van der Waals surface area contributed by atoms with Crippen LogP contribution in [0.4, 0.5) is 0 Å². The largest absolute Gasteiger partial charge is 0.459 e. The second-order valence-electron chi connectivity index (χ2n) is 6.60. The fourth-order valence-corrected chi connectivity index (χ4v) is 3.18. The van der Waals surface area contributed by atoms with Crippen LogP contribution in [-0.2, 0) is 17.8 Å². The van der Waals surface area contributed by atoms with Gasteiger partial charge in [0, 0.05) is 23.4 Å². The van der Waals surface area contributed by atoms with Crippen molar-refractivity contribution < 1.29 is 9.21 Å². The van der Waals surface area contributed by atoms with Crippen molar-refractivity contribution in [3.05, 3.63) is 77.3 Å². The first-order chi connectivity index (χ1) is 13.7. The Hall–Kier alpha value is -3.05. The Labute approximate surface area is 167 Å². The lowest BCUT2D eigenvalue weighted by Crippen LogP contribution is -2.22. The number of halogens is 1. The molecule has 4 rings (SSSR count). The highest BCUT2D eigenvalue weighted by atomic mass is 35.5. The van der Waals surface area contributed by atoms with E-state index >= 15 is 0 Å². The van der Waals surface area contributed by atoms with Gasteiger partial charge in [-0.15, -0.1) is 0 Å². The zero-order valence-corrected chi connectivity index (χ0v) is 16.0. The van der Waals surface area contributed by atoms with E-state index in [1.54, 1.807) is 0 Å². The van der Waals surface area contributed by atoms with Gasteiger partial charge in [0.2, 0.25) is 5.91 Å². The number of carbonyl (C=O) groups is 1. The number of imidazole rings is 1. The highest BCUT2D eigenvalue weighted by Crippen LogP contribution is 2.23. The number of aryl methyl sites for hydroxylation is 1. The Morgan fingerprint density at radius 3 is 2.71 bits per heavy atom. The van der Waals surface area contributed by atoms with Crippen LogP contribution in [0.3, 0.4) is 0 Å². The van der Waals surface area contributed by atoms with Gasteiger partial charge in [0.1, 0.15) is 17.3 Å². The molecule has 0 saturated heterocycles. The molecule has 0 saturated carbocycles. The second kappa shape index (κ2) is 8.31. The number of nitrogens with one attached hydrogen (secondary N) is 2. The van der Waals surface area contributed by atoms with E-state index in [0.29, 0.717) is 18.0 Å². The highest BCUT2D eigenvalue weighted by Gasteiger charge is 2.08. The van der Waals surface area contributed by atoms with Crippen molar-refractivity contribution in [2.45, 2.75) is 25.8 Å². The lowest BCUT2D eigenvalue weighted by molar-refractivity contribution is -0.121. The van der Waals surface area contributed by atoms with E-state index in [9.17, 15) is 4.79 Å². The molecule has 0 bridgehead atoms. The molecule has 6 heteroatoms. The molecule has 2 aromatic carbocycles. The van der Waals surface area contributed by atoms with Gasteiger partial charge in [-0.05, 0) is 55.0 Å². The van der Waals surface area contributed by atoms with E-state index in [0.717, 1.165) is 46.8 Å². The number of benzene rings is 2. The quantitative estimate of drug-likeness (QED) is 0.458. The molecule has 0 unspecified atom stereocenters. The number of hydrogen-bond donors (Lipinski definition) is 2. The monoisotopic (exact) mass is 393 g/mol. The average Bonchev–Trinajstić information content (AvgIpc) is 3.33. The van der Waals surface area contributed by atoms with Crippen LogP contribution in [0.5, 0.6) is 0 Å². The molecule has 4 aromatic rings. The van der Waals surface area contributed by atoms with Crippen LogP contribution in [0.15, 0.2) is 65.1 Å². The molecule has 0 aliphatic heterocycles. The smallest absolute Gasteiger partial charge is 0.220 e. The minimum Gasteiger partial charge on any atom is -0.459 e. The molecule has 28 heavy (non-hydrogen) atoms. The third-order valence-electron chi connectivity index (χ3n) is 4.51. The number of carbonyl (C=O) groups excluding carboxylic acids is 1. The summed E-state index contributed by atoms with van der Waals surface area (Å²) in [6.45, 7) is 0.372. The maximum absolute atomic E-state index is 12.1. The van der Waals surface area contributed by atoms with Crippen LogP contribution in [0.1, 0.15) is 24.4 Å². The molecule has 2 heterocycles. The number of aromatic amines is 1. The molecule has 0 fully saturated rings. The molecule has 0 aliphatic rings. The zero-order valence-electron chi connectivity index (χ0n) is 15.2. The molecule has 142 valence electrons. The number of H-pyrrole nitrogens is 1. The summed E-state index contributed by atoms with van der Waals surface area (Å²) < 4.78 is 5.79. The van der Waals surface area contributed by atoms with E-state index in [1.165, 1.54) is 0 Å². The van der Waals surface area contributed by atoms with Crippen molar-refractivity contribution in [3.63, 3.8) is 0 Å². The maximum Gasteiger partial charge on any atom is 0.220 e. The molecular weight excluding hydrogens is 374 g/mol. The molecule has 0 atom stereocenters. The predicted octanol–water partition coefficient (Wildman–Crippen LogP) is 5.12. The first kappa shape index (κ1) is 18.3. The summed E-state index contributed by atoms with van der Waals surface area (Å²) in [7, 11) is 0. The molecule has 5 nitrogen and oxygen atoms in total. The zero-order chi connectivity index (χ0) is 19.3. The summed E-state index contributed by atoms with van der Waals surface area (Å²) in [5.41, 5.74) is 2.93. The van der Waals surface area contributed by atoms with Gasteiger partial charge in [0.25, 0.3) is 0 Å². The molecule has 2 aromatic heterocycles. The predicted molar refractivity (Wildman–Crippen MR) is 110 cm³/mol. The lowest BCUT2D eigenvalue weighted by Gasteiger charge is -2.03. The van der Waals surface area contributed by atoms with Gasteiger partial charge >= 0.3 is 0 Å².